The minimum atomic E-state index is -0.291. The van der Waals surface area contributed by atoms with Gasteiger partial charge in [0.15, 0.2) is 0 Å². The zero-order chi connectivity index (χ0) is 20.1. The van der Waals surface area contributed by atoms with Gasteiger partial charge >= 0.3 is 0 Å². The van der Waals surface area contributed by atoms with Gasteiger partial charge in [-0.1, -0.05) is 0 Å². The van der Waals surface area contributed by atoms with Crippen molar-refractivity contribution in [2.24, 2.45) is 0 Å². The van der Waals surface area contributed by atoms with E-state index in [0.717, 1.165) is 30.7 Å². The van der Waals surface area contributed by atoms with Crippen LogP contribution in [0.15, 0.2) is 60.9 Å². The number of benzene rings is 2. The molecule has 0 radical (unpaired) electrons. The molecule has 1 aromatic heterocycles. The maximum Gasteiger partial charge on any atom is 0.251 e. The lowest BCUT2D eigenvalue weighted by Gasteiger charge is -2.11. The number of hydrogen-bond donors (Lipinski definition) is 2. The lowest BCUT2D eigenvalue weighted by molar-refractivity contribution is 0.0858. The molecule has 1 aliphatic heterocycles. The van der Waals surface area contributed by atoms with Crippen LogP contribution in [-0.4, -0.2) is 35.1 Å². The van der Waals surface area contributed by atoms with Crippen LogP contribution in [0.25, 0.3) is 11.3 Å². The van der Waals surface area contributed by atoms with E-state index >= 15 is 0 Å². The molecule has 0 saturated carbocycles. The molecule has 0 spiro atoms. The number of carbonyl (C=O) groups excluding carboxylic acids is 1. The van der Waals surface area contributed by atoms with Crippen LogP contribution < -0.4 is 10.6 Å². The van der Waals surface area contributed by atoms with E-state index in [-0.39, 0.29) is 17.8 Å². The first-order valence-electron chi connectivity index (χ1n) is 9.52. The normalized spacial score (nSPS) is 15.8. The van der Waals surface area contributed by atoms with Crippen molar-refractivity contribution in [3.8, 4) is 11.3 Å². The minimum Gasteiger partial charge on any atom is -0.376 e. The van der Waals surface area contributed by atoms with E-state index in [2.05, 4.69) is 20.6 Å². The second kappa shape index (κ2) is 8.79. The molecule has 2 N–H and O–H groups in total. The van der Waals surface area contributed by atoms with E-state index < -0.39 is 0 Å². The summed E-state index contributed by atoms with van der Waals surface area (Å²) in [5, 5.41) is 6.10. The van der Waals surface area contributed by atoms with Gasteiger partial charge in [-0.25, -0.2) is 14.4 Å². The van der Waals surface area contributed by atoms with Crippen molar-refractivity contribution >= 4 is 17.4 Å². The molecule has 0 aliphatic carbocycles. The molecule has 1 unspecified atom stereocenters. The number of rotatable bonds is 6. The maximum absolute atomic E-state index is 13.1. The van der Waals surface area contributed by atoms with Gasteiger partial charge in [-0.2, -0.15) is 0 Å². The van der Waals surface area contributed by atoms with Gasteiger partial charge in [0.05, 0.1) is 11.8 Å². The van der Waals surface area contributed by atoms with Crippen molar-refractivity contribution in [1.82, 2.24) is 15.3 Å². The third-order valence-corrected chi connectivity index (χ3v) is 4.74. The predicted molar refractivity (Wildman–Crippen MR) is 108 cm³/mol. The molecule has 0 bridgehead atoms. The SMILES string of the molecule is O=C(NCC1CCCO1)c1ccc(Nc2cc(-c3ccc(F)cc3)ncn2)cc1. The van der Waals surface area contributed by atoms with Crippen LogP contribution in [0.3, 0.4) is 0 Å². The molecule has 2 aromatic carbocycles. The minimum absolute atomic E-state index is 0.118. The average Bonchev–Trinajstić information content (AvgIpc) is 3.27. The van der Waals surface area contributed by atoms with E-state index in [1.807, 2.05) is 12.1 Å². The molecule has 1 amide bonds. The quantitative estimate of drug-likeness (QED) is 0.665. The molecule has 3 aromatic rings. The fourth-order valence-corrected chi connectivity index (χ4v) is 3.17. The molecule has 29 heavy (non-hydrogen) atoms. The number of carbonyl (C=O) groups is 1. The average molecular weight is 392 g/mol. The number of halogens is 1. The molecule has 148 valence electrons. The van der Waals surface area contributed by atoms with Gasteiger partial charge in [0, 0.05) is 36.0 Å². The van der Waals surface area contributed by atoms with Crippen molar-refractivity contribution in [3.63, 3.8) is 0 Å². The van der Waals surface area contributed by atoms with Crippen LogP contribution in [0.1, 0.15) is 23.2 Å². The monoisotopic (exact) mass is 392 g/mol. The fraction of sp³-hybridized carbons (Fsp3) is 0.227. The Balaban J connectivity index is 1.39. The molecule has 6 nitrogen and oxygen atoms in total. The van der Waals surface area contributed by atoms with E-state index in [9.17, 15) is 9.18 Å². The zero-order valence-electron chi connectivity index (χ0n) is 15.8. The van der Waals surface area contributed by atoms with Crippen LogP contribution in [0, 0.1) is 5.82 Å². The summed E-state index contributed by atoms with van der Waals surface area (Å²) >= 11 is 0. The molecule has 4 rings (SSSR count). The molecule has 1 aliphatic rings. The smallest absolute Gasteiger partial charge is 0.251 e. The van der Waals surface area contributed by atoms with Gasteiger partial charge in [0.2, 0.25) is 0 Å². The van der Waals surface area contributed by atoms with E-state index in [1.165, 1.54) is 18.5 Å². The second-order valence-corrected chi connectivity index (χ2v) is 6.84. The summed E-state index contributed by atoms with van der Waals surface area (Å²) < 4.78 is 18.6. The fourth-order valence-electron chi connectivity index (χ4n) is 3.17. The van der Waals surface area contributed by atoms with Crippen molar-refractivity contribution in [2.45, 2.75) is 18.9 Å². The first-order chi connectivity index (χ1) is 14.2. The number of amides is 1. The van der Waals surface area contributed by atoms with Gasteiger partial charge in [-0.3, -0.25) is 4.79 Å². The number of aromatic nitrogens is 2. The first kappa shape index (κ1) is 19.0. The Morgan fingerprint density at radius 1 is 1.10 bits per heavy atom. The highest BCUT2D eigenvalue weighted by Gasteiger charge is 2.16. The standard InChI is InChI=1S/C22H21FN4O2/c23-17-7-3-15(4-8-17)20-12-21(26-14-25-20)27-18-9-5-16(6-10-18)22(28)24-13-19-2-1-11-29-19/h3-10,12,14,19H,1-2,11,13H2,(H,24,28)(H,25,26,27). The second-order valence-electron chi connectivity index (χ2n) is 6.84. The van der Waals surface area contributed by atoms with E-state index in [0.29, 0.717) is 23.6 Å². The Morgan fingerprint density at radius 2 is 1.90 bits per heavy atom. The molecule has 2 heterocycles. The van der Waals surface area contributed by atoms with Crippen LogP contribution in [0.4, 0.5) is 15.9 Å². The van der Waals surface area contributed by atoms with E-state index in [1.54, 1.807) is 30.3 Å². The highest BCUT2D eigenvalue weighted by atomic mass is 19.1. The Bertz CT molecular complexity index is 971. The molecular formula is C22H21FN4O2. The van der Waals surface area contributed by atoms with Crippen LogP contribution in [0.5, 0.6) is 0 Å². The number of hydrogen-bond acceptors (Lipinski definition) is 5. The highest BCUT2D eigenvalue weighted by molar-refractivity contribution is 5.94. The number of nitrogens with one attached hydrogen (secondary N) is 2. The van der Waals surface area contributed by atoms with Crippen molar-refractivity contribution in [1.29, 1.82) is 0 Å². The maximum atomic E-state index is 13.1. The summed E-state index contributed by atoms with van der Waals surface area (Å²) in [6.45, 7) is 1.30. The van der Waals surface area contributed by atoms with Crippen LogP contribution >= 0.6 is 0 Å². The summed E-state index contributed by atoms with van der Waals surface area (Å²) in [7, 11) is 0. The molecule has 1 atom stereocenters. The zero-order valence-corrected chi connectivity index (χ0v) is 15.8. The van der Waals surface area contributed by atoms with Crippen molar-refractivity contribution in [3.05, 3.63) is 72.3 Å². The summed E-state index contributed by atoms with van der Waals surface area (Å²) in [5.41, 5.74) is 2.87. The Kier molecular flexibility index (Phi) is 5.76. The number of nitrogens with zero attached hydrogens (tertiary/aromatic N) is 2. The van der Waals surface area contributed by atoms with E-state index in [4.69, 9.17) is 4.74 Å². The Morgan fingerprint density at radius 3 is 2.62 bits per heavy atom. The number of ether oxygens (including phenoxy) is 1. The first-order valence-corrected chi connectivity index (χ1v) is 9.52. The van der Waals surface area contributed by atoms with Gasteiger partial charge < -0.3 is 15.4 Å². The summed E-state index contributed by atoms with van der Waals surface area (Å²) in [4.78, 5) is 20.7. The van der Waals surface area contributed by atoms with Gasteiger partial charge in [-0.05, 0) is 61.4 Å². The molecule has 1 saturated heterocycles. The molecule has 7 heteroatoms. The lowest BCUT2D eigenvalue weighted by Crippen LogP contribution is -2.31. The van der Waals surface area contributed by atoms with Gasteiger partial charge in [0.25, 0.3) is 5.91 Å². The highest BCUT2D eigenvalue weighted by Crippen LogP contribution is 2.21. The summed E-state index contributed by atoms with van der Waals surface area (Å²) in [5.74, 6) is 0.198. The van der Waals surface area contributed by atoms with Crippen molar-refractivity contribution in [2.75, 3.05) is 18.5 Å². The van der Waals surface area contributed by atoms with Gasteiger partial charge in [-0.15, -0.1) is 0 Å². The predicted octanol–water partition coefficient (Wildman–Crippen LogP) is 3.94. The van der Waals surface area contributed by atoms with Gasteiger partial charge in [0.1, 0.15) is 18.0 Å². The van der Waals surface area contributed by atoms with Crippen LogP contribution in [-0.2, 0) is 4.74 Å². The third kappa shape index (κ3) is 4.94. The third-order valence-electron chi connectivity index (χ3n) is 4.74. The Hall–Kier alpha value is -3.32. The van der Waals surface area contributed by atoms with Crippen molar-refractivity contribution < 1.29 is 13.9 Å². The number of anilines is 2. The lowest BCUT2D eigenvalue weighted by atomic mass is 10.1. The topological polar surface area (TPSA) is 76.1 Å². The summed E-state index contributed by atoms with van der Waals surface area (Å²) in [6.07, 6.45) is 3.61. The molecular weight excluding hydrogens is 371 g/mol. The largest absolute Gasteiger partial charge is 0.376 e. The Labute approximate surface area is 168 Å². The molecule has 1 fully saturated rings. The van der Waals surface area contributed by atoms with Crippen LogP contribution in [0.2, 0.25) is 0 Å². The summed E-state index contributed by atoms with van der Waals surface area (Å²) in [6, 6.07) is 15.1.